The summed E-state index contributed by atoms with van der Waals surface area (Å²) in [6.07, 6.45) is 0. The number of hydrogen-bond acceptors (Lipinski definition) is 4. The van der Waals surface area contributed by atoms with Crippen LogP contribution in [0.1, 0.15) is 26.3 Å². The minimum atomic E-state index is -0.379. The van der Waals surface area contributed by atoms with Crippen LogP contribution in [0.4, 0.5) is 11.4 Å². The molecule has 2 aromatic rings. The van der Waals surface area contributed by atoms with E-state index in [0.717, 1.165) is 11.3 Å². The maximum absolute atomic E-state index is 12.5. The average molecular weight is 478 g/mol. The second-order valence-corrected chi connectivity index (χ2v) is 9.76. The smallest absolute Gasteiger partial charge is 0.262 e. The van der Waals surface area contributed by atoms with Crippen molar-refractivity contribution in [3.63, 3.8) is 0 Å². The first-order valence-electron chi connectivity index (χ1n) is 10.6. The number of hydrogen-bond donors (Lipinski definition) is 1. The fourth-order valence-electron chi connectivity index (χ4n) is 3.52. The molecule has 1 aliphatic rings. The molecule has 1 heterocycles. The van der Waals surface area contributed by atoms with Crippen LogP contribution in [0.5, 0.6) is 5.75 Å². The first kappa shape index (κ1) is 24.2. The molecule has 0 aromatic heterocycles. The van der Waals surface area contributed by atoms with Gasteiger partial charge in [-0.05, 0) is 48.9 Å². The van der Waals surface area contributed by atoms with Crippen LogP contribution in [0.25, 0.3) is 0 Å². The zero-order chi connectivity index (χ0) is 23.5. The molecule has 0 spiro atoms. The summed E-state index contributed by atoms with van der Waals surface area (Å²) < 4.78 is 5.53. The van der Waals surface area contributed by atoms with Crippen LogP contribution in [0.3, 0.4) is 0 Å². The number of carbonyl (C=O) groups is 2. The van der Waals surface area contributed by atoms with Crippen LogP contribution in [-0.2, 0) is 9.59 Å². The maximum atomic E-state index is 12.5. The summed E-state index contributed by atoms with van der Waals surface area (Å²) in [5, 5.41) is 4.00. The predicted molar refractivity (Wildman–Crippen MR) is 130 cm³/mol. The Morgan fingerprint density at radius 1 is 1.00 bits per heavy atom. The molecule has 1 aliphatic heterocycles. The maximum Gasteiger partial charge on any atom is 0.262 e. The quantitative estimate of drug-likeness (QED) is 0.656. The molecule has 6 nitrogen and oxygen atoms in total. The third kappa shape index (κ3) is 6.08. The van der Waals surface area contributed by atoms with E-state index in [1.54, 1.807) is 24.3 Å². The number of halogens is 2. The third-order valence-electron chi connectivity index (χ3n) is 5.28. The first-order valence-corrected chi connectivity index (χ1v) is 11.3. The van der Waals surface area contributed by atoms with Gasteiger partial charge in [-0.2, -0.15) is 0 Å². The lowest BCUT2D eigenvalue weighted by Crippen LogP contribution is -2.51. The van der Waals surface area contributed by atoms with Crippen molar-refractivity contribution in [3.8, 4) is 5.75 Å². The van der Waals surface area contributed by atoms with Crippen molar-refractivity contribution >= 4 is 46.4 Å². The summed E-state index contributed by atoms with van der Waals surface area (Å²) >= 11 is 12.5. The second kappa shape index (κ2) is 10.0. The van der Waals surface area contributed by atoms with Crippen molar-refractivity contribution in [2.75, 3.05) is 43.0 Å². The van der Waals surface area contributed by atoms with Crippen molar-refractivity contribution in [2.45, 2.75) is 27.7 Å². The molecule has 0 atom stereocenters. The molecule has 8 heteroatoms. The molecule has 1 fully saturated rings. The molecule has 1 N–H and O–H groups in total. The number of carbonyl (C=O) groups excluding carboxylic acids is 2. The van der Waals surface area contributed by atoms with Crippen molar-refractivity contribution in [1.29, 1.82) is 0 Å². The summed E-state index contributed by atoms with van der Waals surface area (Å²) in [6.45, 7) is 10.3. The minimum absolute atomic E-state index is 0.121. The average Bonchev–Trinajstić information content (AvgIpc) is 2.74. The van der Waals surface area contributed by atoms with Crippen LogP contribution in [0.2, 0.25) is 10.0 Å². The van der Waals surface area contributed by atoms with Crippen LogP contribution in [0, 0.1) is 12.3 Å². The highest BCUT2D eigenvalue weighted by atomic mass is 35.5. The number of aryl methyl sites for hydroxylation is 1. The highest BCUT2D eigenvalue weighted by Gasteiger charge is 2.30. The summed E-state index contributed by atoms with van der Waals surface area (Å²) in [7, 11) is 0. The van der Waals surface area contributed by atoms with Gasteiger partial charge in [0.05, 0.1) is 10.7 Å². The van der Waals surface area contributed by atoms with Crippen molar-refractivity contribution < 1.29 is 14.3 Å². The van der Waals surface area contributed by atoms with Gasteiger partial charge in [0.15, 0.2) is 6.61 Å². The van der Waals surface area contributed by atoms with Crippen molar-refractivity contribution in [1.82, 2.24) is 4.90 Å². The van der Waals surface area contributed by atoms with E-state index in [0.29, 0.717) is 47.7 Å². The number of benzene rings is 2. The number of nitrogens with one attached hydrogen (secondary N) is 1. The van der Waals surface area contributed by atoms with E-state index in [4.69, 9.17) is 27.9 Å². The molecule has 0 bridgehead atoms. The Morgan fingerprint density at radius 3 is 2.28 bits per heavy atom. The zero-order valence-corrected chi connectivity index (χ0v) is 20.4. The SMILES string of the molecule is Cc1cc(OCC(=O)Nc2ccc(N3CCN(C(=O)C(C)(C)C)CC3)c(Cl)c2)ccc1Cl. The lowest BCUT2D eigenvalue weighted by molar-refractivity contribution is -0.139. The Bertz CT molecular complexity index is 996. The lowest BCUT2D eigenvalue weighted by Gasteiger charge is -2.39. The van der Waals surface area contributed by atoms with Gasteiger partial charge < -0.3 is 19.9 Å². The van der Waals surface area contributed by atoms with E-state index in [2.05, 4.69) is 10.2 Å². The fourth-order valence-corrected chi connectivity index (χ4v) is 3.94. The Balaban J connectivity index is 1.54. The highest BCUT2D eigenvalue weighted by molar-refractivity contribution is 6.33. The summed E-state index contributed by atoms with van der Waals surface area (Å²) in [5.41, 5.74) is 1.99. The molecule has 0 unspecified atom stereocenters. The molecular formula is C24H29Cl2N3O3. The van der Waals surface area contributed by atoms with Crippen molar-refractivity contribution in [3.05, 3.63) is 52.0 Å². The van der Waals surface area contributed by atoms with Crippen molar-refractivity contribution in [2.24, 2.45) is 5.41 Å². The molecule has 32 heavy (non-hydrogen) atoms. The summed E-state index contributed by atoms with van der Waals surface area (Å²) in [4.78, 5) is 28.8. The van der Waals surface area contributed by atoms with E-state index in [-0.39, 0.29) is 23.8 Å². The number of rotatable bonds is 5. The zero-order valence-electron chi connectivity index (χ0n) is 18.9. The Hall–Kier alpha value is -2.44. The molecule has 0 radical (unpaired) electrons. The standard InChI is InChI=1S/C24H29Cl2N3O3/c1-16-13-18(6-7-19(16)25)32-15-22(30)27-17-5-8-21(20(26)14-17)28-9-11-29(12-10-28)23(31)24(2,3)4/h5-8,13-14H,9-12,15H2,1-4H3,(H,27,30). The molecular weight excluding hydrogens is 449 g/mol. The Kier molecular flexibility index (Phi) is 7.57. The van der Waals surface area contributed by atoms with Gasteiger partial charge in [0, 0.05) is 42.3 Å². The van der Waals surface area contributed by atoms with E-state index in [1.165, 1.54) is 0 Å². The van der Waals surface area contributed by atoms with E-state index >= 15 is 0 Å². The van der Waals surface area contributed by atoms with Gasteiger partial charge in [-0.25, -0.2) is 0 Å². The van der Waals surface area contributed by atoms with Gasteiger partial charge in [-0.15, -0.1) is 0 Å². The first-order chi connectivity index (χ1) is 15.0. The van der Waals surface area contributed by atoms with Crippen LogP contribution < -0.4 is 15.0 Å². The van der Waals surface area contributed by atoms with Gasteiger partial charge in [-0.1, -0.05) is 44.0 Å². The third-order valence-corrected chi connectivity index (χ3v) is 6.01. The summed E-state index contributed by atoms with van der Waals surface area (Å²) in [6, 6.07) is 10.7. The fraction of sp³-hybridized carbons (Fsp3) is 0.417. The van der Waals surface area contributed by atoms with Crippen LogP contribution >= 0.6 is 23.2 Å². The molecule has 0 aliphatic carbocycles. The van der Waals surface area contributed by atoms with Gasteiger partial charge >= 0.3 is 0 Å². The molecule has 3 rings (SSSR count). The molecule has 2 aromatic carbocycles. The van der Waals surface area contributed by atoms with E-state index < -0.39 is 0 Å². The Labute approximate surface area is 199 Å². The molecule has 1 saturated heterocycles. The van der Waals surface area contributed by atoms with Gasteiger partial charge in [0.2, 0.25) is 5.91 Å². The number of amides is 2. The minimum Gasteiger partial charge on any atom is -0.484 e. The van der Waals surface area contributed by atoms with Gasteiger partial charge in [0.25, 0.3) is 5.91 Å². The molecule has 2 amide bonds. The Morgan fingerprint density at radius 2 is 1.69 bits per heavy atom. The summed E-state index contributed by atoms with van der Waals surface area (Å²) in [5.74, 6) is 0.465. The predicted octanol–water partition coefficient (Wildman–Crippen LogP) is 5.01. The number of piperazine rings is 1. The van der Waals surface area contributed by atoms with E-state index in [9.17, 15) is 9.59 Å². The monoisotopic (exact) mass is 477 g/mol. The molecule has 172 valence electrons. The topological polar surface area (TPSA) is 61.9 Å². The number of anilines is 2. The largest absolute Gasteiger partial charge is 0.484 e. The van der Waals surface area contributed by atoms with Gasteiger partial charge in [-0.3, -0.25) is 9.59 Å². The molecule has 0 saturated carbocycles. The van der Waals surface area contributed by atoms with Gasteiger partial charge in [0.1, 0.15) is 5.75 Å². The number of ether oxygens (including phenoxy) is 1. The second-order valence-electron chi connectivity index (χ2n) is 8.94. The lowest BCUT2D eigenvalue weighted by atomic mass is 9.94. The number of nitrogens with zero attached hydrogens (tertiary/aromatic N) is 2. The normalized spacial score (nSPS) is 14.3. The highest BCUT2D eigenvalue weighted by Crippen LogP contribution is 2.30. The van der Waals surface area contributed by atoms with Crippen LogP contribution in [-0.4, -0.2) is 49.5 Å². The van der Waals surface area contributed by atoms with E-state index in [1.807, 2.05) is 44.7 Å². The van der Waals surface area contributed by atoms with Crippen LogP contribution in [0.15, 0.2) is 36.4 Å².